The van der Waals surface area contributed by atoms with Crippen LogP contribution in [0.5, 0.6) is 0 Å². The van der Waals surface area contributed by atoms with Crippen molar-refractivity contribution in [2.45, 2.75) is 0 Å². The topological polar surface area (TPSA) is 116 Å². The van der Waals surface area contributed by atoms with Crippen molar-refractivity contribution < 1.29 is 4.42 Å². The fourth-order valence-corrected chi connectivity index (χ4v) is 1.36. The SMILES string of the molecule is c1cnsn1.c1csnn1.c1ncsn1.c1nnco1. The van der Waals surface area contributed by atoms with Crippen LogP contribution in [0.25, 0.3) is 0 Å². The normalized spacial score (nSPS) is 8.00. The van der Waals surface area contributed by atoms with Gasteiger partial charge in [-0.1, -0.05) is 4.49 Å². The quantitative estimate of drug-likeness (QED) is 0.475. The molecule has 0 amide bonds. The van der Waals surface area contributed by atoms with Gasteiger partial charge in [-0.25, -0.2) is 4.98 Å². The molecule has 104 valence electrons. The third-order valence-corrected chi connectivity index (χ3v) is 2.43. The summed E-state index contributed by atoms with van der Waals surface area (Å²) in [5.74, 6) is 0. The highest BCUT2D eigenvalue weighted by atomic mass is 32.1. The molecule has 0 spiro atoms. The maximum atomic E-state index is 4.36. The predicted octanol–water partition coefficient (Wildman–Crippen LogP) is 1.68. The smallest absolute Gasteiger partial charge is 0.203 e. The highest BCUT2D eigenvalue weighted by Crippen LogP contribution is 1.78. The van der Waals surface area contributed by atoms with E-state index in [1.807, 2.05) is 5.38 Å². The van der Waals surface area contributed by atoms with E-state index in [1.54, 1.807) is 24.1 Å². The first-order valence-electron chi connectivity index (χ1n) is 4.81. The van der Waals surface area contributed by atoms with Crippen LogP contribution in [-0.4, -0.2) is 37.9 Å². The Morgan fingerprint density at radius 1 is 0.800 bits per heavy atom. The minimum absolute atomic E-state index is 1.21. The Morgan fingerprint density at radius 3 is 1.80 bits per heavy atom. The fraction of sp³-hybridized carbons (Fsp3) is 0. The van der Waals surface area contributed by atoms with Crippen LogP contribution in [-0.2, 0) is 0 Å². The summed E-state index contributed by atoms with van der Waals surface area (Å²) in [5.41, 5.74) is 1.68. The van der Waals surface area contributed by atoms with E-state index < -0.39 is 0 Å². The maximum absolute atomic E-state index is 4.36. The lowest BCUT2D eigenvalue weighted by atomic mass is 11.0. The lowest BCUT2D eigenvalue weighted by Gasteiger charge is -1.44. The van der Waals surface area contributed by atoms with Crippen LogP contribution in [0.15, 0.2) is 53.0 Å². The Kier molecular flexibility index (Phi) is 10.5. The van der Waals surface area contributed by atoms with Gasteiger partial charge in [0.1, 0.15) is 11.8 Å². The number of aromatic nitrogens is 8. The summed E-state index contributed by atoms with van der Waals surface area (Å²) in [6.45, 7) is 0. The molecule has 4 aromatic rings. The van der Waals surface area contributed by atoms with E-state index in [9.17, 15) is 0 Å². The van der Waals surface area contributed by atoms with Gasteiger partial charge in [-0.3, -0.25) is 0 Å². The van der Waals surface area contributed by atoms with Crippen LogP contribution >= 0.6 is 34.8 Å². The second-order valence-electron chi connectivity index (χ2n) is 2.34. The standard InChI is InChI=1S/C2H2N2O.3C2H2N2S/c1-3-4-2-5-1;1-3-2-5-4-1;1-2-5-4-3-1;1-2-4-5-3-1/h4*1-2H. The van der Waals surface area contributed by atoms with Gasteiger partial charge in [0.15, 0.2) is 0 Å². The van der Waals surface area contributed by atoms with E-state index in [-0.39, 0.29) is 0 Å². The molecule has 0 saturated carbocycles. The zero-order valence-electron chi connectivity index (χ0n) is 9.83. The van der Waals surface area contributed by atoms with Crippen LogP contribution in [0, 0.1) is 0 Å². The van der Waals surface area contributed by atoms with Gasteiger partial charge in [-0.15, -0.1) is 15.3 Å². The van der Waals surface area contributed by atoms with Gasteiger partial charge in [-0.2, -0.15) is 13.1 Å². The Morgan fingerprint density at radius 2 is 1.60 bits per heavy atom. The number of rotatable bonds is 0. The molecule has 12 heteroatoms. The molecule has 0 fully saturated rings. The lowest BCUT2D eigenvalue weighted by molar-refractivity contribution is 0.553. The van der Waals surface area contributed by atoms with Crippen LogP contribution in [0.1, 0.15) is 0 Å². The molecule has 0 aliphatic rings. The second-order valence-corrected chi connectivity index (χ2v) is 4.20. The van der Waals surface area contributed by atoms with Crippen molar-refractivity contribution in [1.29, 1.82) is 0 Å². The van der Waals surface area contributed by atoms with Gasteiger partial charge in [0.2, 0.25) is 12.8 Å². The third-order valence-electron chi connectivity index (χ3n) is 1.13. The van der Waals surface area contributed by atoms with Gasteiger partial charge >= 0.3 is 0 Å². The zero-order valence-corrected chi connectivity index (χ0v) is 12.3. The van der Waals surface area contributed by atoms with Crippen molar-refractivity contribution in [3.63, 3.8) is 0 Å². The minimum atomic E-state index is 1.21. The summed E-state index contributed by atoms with van der Waals surface area (Å²) in [6, 6.07) is 0. The Balaban J connectivity index is 0.000000133. The van der Waals surface area contributed by atoms with Crippen molar-refractivity contribution in [3.05, 3.63) is 48.6 Å². The summed E-state index contributed by atoms with van der Waals surface area (Å²) >= 11 is 3.92. The average Bonchev–Trinajstić information content (AvgIpc) is 3.40. The van der Waals surface area contributed by atoms with E-state index >= 15 is 0 Å². The monoisotopic (exact) mass is 328 g/mol. The number of hydrogen-bond acceptors (Lipinski definition) is 12. The lowest BCUT2D eigenvalue weighted by Crippen LogP contribution is -1.53. The largest absolute Gasteiger partial charge is 0.431 e. The van der Waals surface area contributed by atoms with Crippen molar-refractivity contribution in [1.82, 2.24) is 37.9 Å². The molecular formula is C8H8N8OS3. The Hall–Kier alpha value is -2.18. The van der Waals surface area contributed by atoms with Crippen molar-refractivity contribution in [2.75, 3.05) is 0 Å². The molecule has 0 aliphatic heterocycles. The summed E-state index contributed by atoms with van der Waals surface area (Å²) < 4.78 is 18.8. The molecule has 0 saturated heterocycles. The number of hydrogen-bond donors (Lipinski definition) is 0. The van der Waals surface area contributed by atoms with Crippen LogP contribution < -0.4 is 0 Å². The molecular weight excluding hydrogens is 320 g/mol. The molecule has 0 N–H and O–H groups in total. The Bertz CT molecular complexity index is 365. The number of nitrogens with zero attached hydrogens (tertiary/aromatic N) is 8. The summed E-state index contributed by atoms with van der Waals surface area (Å²) in [7, 11) is 0. The molecule has 0 bridgehead atoms. The third kappa shape index (κ3) is 10.9. The molecule has 4 heterocycles. The first-order valence-corrected chi connectivity index (χ1v) is 7.21. The average molecular weight is 328 g/mol. The second kappa shape index (κ2) is 13.3. The molecule has 0 aromatic carbocycles. The van der Waals surface area contributed by atoms with Gasteiger partial charge in [-0.05, 0) is 23.1 Å². The molecule has 0 unspecified atom stereocenters. The highest BCUT2D eigenvalue weighted by Gasteiger charge is 1.62. The maximum Gasteiger partial charge on any atom is 0.203 e. The Labute approximate surface area is 126 Å². The fourth-order valence-electron chi connectivity index (χ4n) is 0.544. The summed E-state index contributed by atoms with van der Waals surface area (Å²) in [5, 5.41) is 11.9. The van der Waals surface area contributed by atoms with E-state index in [4.69, 9.17) is 0 Å². The molecule has 4 aromatic heterocycles. The van der Waals surface area contributed by atoms with E-state index in [0.717, 1.165) is 0 Å². The highest BCUT2D eigenvalue weighted by molar-refractivity contribution is 7.03. The van der Waals surface area contributed by atoms with Crippen molar-refractivity contribution in [2.24, 2.45) is 0 Å². The molecule has 0 atom stereocenters. The van der Waals surface area contributed by atoms with E-state index in [1.165, 1.54) is 53.9 Å². The first-order chi connectivity index (χ1) is 10.0. The predicted molar refractivity (Wildman–Crippen MR) is 74.0 cm³/mol. The van der Waals surface area contributed by atoms with Crippen LogP contribution in [0.3, 0.4) is 0 Å². The van der Waals surface area contributed by atoms with Gasteiger partial charge in [0.05, 0.1) is 30.3 Å². The zero-order chi connectivity index (χ0) is 14.1. The van der Waals surface area contributed by atoms with Crippen LogP contribution in [0.4, 0.5) is 0 Å². The van der Waals surface area contributed by atoms with Crippen molar-refractivity contribution in [3.8, 4) is 0 Å². The van der Waals surface area contributed by atoms with Gasteiger partial charge in [0, 0.05) is 5.38 Å². The molecule has 20 heavy (non-hydrogen) atoms. The van der Waals surface area contributed by atoms with E-state index in [0.29, 0.717) is 0 Å². The molecule has 9 nitrogen and oxygen atoms in total. The summed E-state index contributed by atoms with van der Waals surface area (Å²) in [6.07, 6.45) is 9.02. The first kappa shape index (κ1) is 15.9. The molecule has 0 aliphatic carbocycles. The summed E-state index contributed by atoms with van der Waals surface area (Å²) in [4.78, 5) is 3.63. The van der Waals surface area contributed by atoms with Crippen molar-refractivity contribution >= 4 is 34.8 Å². The van der Waals surface area contributed by atoms with E-state index in [2.05, 4.69) is 42.3 Å². The van der Waals surface area contributed by atoms with Gasteiger partial charge < -0.3 is 4.42 Å². The van der Waals surface area contributed by atoms with Gasteiger partial charge in [0.25, 0.3) is 0 Å². The molecule has 4 rings (SSSR count). The molecule has 0 radical (unpaired) electrons. The van der Waals surface area contributed by atoms with Crippen LogP contribution in [0.2, 0.25) is 0 Å². The minimum Gasteiger partial charge on any atom is -0.431 e.